The molecule has 2 N–H and O–H groups in total. The number of aliphatic hydroxyl groups is 1. The summed E-state index contributed by atoms with van der Waals surface area (Å²) >= 11 is 0. The fraction of sp³-hybridized carbons (Fsp3) is 1.00. The number of hydrogen-bond acceptors (Lipinski definition) is 3. The highest BCUT2D eigenvalue weighted by Gasteiger charge is 2.21. The second-order valence-electron chi connectivity index (χ2n) is 3.81. The number of hydrogen-bond donors (Lipinski definition) is 2. The summed E-state index contributed by atoms with van der Waals surface area (Å²) in [5.41, 5.74) is 0. The molecule has 1 atom stereocenters. The molecule has 3 nitrogen and oxygen atoms in total. The van der Waals surface area contributed by atoms with Crippen molar-refractivity contribution < 1.29 is 9.84 Å². The van der Waals surface area contributed by atoms with Crippen LogP contribution in [0.5, 0.6) is 0 Å². The zero-order valence-electron chi connectivity index (χ0n) is 8.46. The monoisotopic (exact) mass is 187 g/mol. The Kier molecular flexibility index (Phi) is 5.35. The summed E-state index contributed by atoms with van der Waals surface area (Å²) in [5.74, 6) is 0.811. The highest BCUT2D eigenvalue weighted by molar-refractivity contribution is 4.73. The summed E-state index contributed by atoms with van der Waals surface area (Å²) in [5, 5.41) is 12.2. The van der Waals surface area contributed by atoms with Gasteiger partial charge in [-0.15, -0.1) is 0 Å². The summed E-state index contributed by atoms with van der Waals surface area (Å²) in [6.45, 7) is 4.77. The largest absolute Gasteiger partial charge is 0.395 e. The molecule has 0 saturated heterocycles. The molecule has 1 aliphatic rings. The molecule has 1 fully saturated rings. The van der Waals surface area contributed by atoms with E-state index < -0.39 is 0 Å². The van der Waals surface area contributed by atoms with Crippen LogP contribution in [0, 0.1) is 5.92 Å². The molecule has 78 valence electrons. The van der Waals surface area contributed by atoms with Gasteiger partial charge in [0.25, 0.3) is 0 Å². The number of ether oxygens (including phenoxy) is 1. The Morgan fingerprint density at radius 2 is 2.31 bits per heavy atom. The molecule has 13 heavy (non-hydrogen) atoms. The zero-order chi connectivity index (χ0) is 9.52. The average molecular weight is 187 g/mol. The van der Waals surface area contributed by atoms with Crippen LogP contribution >= 0.6 is 0 Å². The molecule has 0 amide bonds. The first-order chi connectivity index (χ1) is 6.36. The minimum atomic E-state index is 0.124. The second-order valence-corrected chi connectivity index (χ2v) is 3.81. The van der Waals surface area contributed by atoms with Crippen LogP contribution in [0.2, 0.25) is 0 Å². The van der Waals surface area contributed by atoms with Gasteiger partial charge >= 0.3 is 0 Å². The summed E-state index contributed by atoms with van der Waals surface area (Å²) in [4.78, 5) is 0. The summed E-state index contributed by atoms with van der Waals surface area (Å²) < 4.78 is 5.49. The van der Waals surface area contributed by atoms with E-state index in [2.05, 4.69) is 12.2 Å². The molecular formula is C10H21NO2. The normalized spacial score (nSPS) is 18.9. The van der Waals surface area contributed by atoms with Gasteiger partial charge in [-0.25, -0.2) is 0 Å². The van der Waals surface area contributed by atoms with Crippen molar-refractivity contribution in [2.24, 2.45) is 5.92 Å². The number of rotatable bonds is 8. The van der Waals surface area contributed by atoms with Gasteiger partial charge in [0, 0.05) is 6.61 Å². The topological polar surface area (TPSA) is 41.5 Å². The number of nitrogens with one attached hydrogen (secondary N) is 1. The van der Waals surface area contributed by atoms with Crippen molar-refractivity contribution in [3.63, 3.8) is 0 Å². The van der Waals surface area contributed by atoms with E-state index >= 15 is 0 Å². The molecule has 1 rings (SSSR count). The lowest BCUT2D eigenvalue weighted by molar-refractivity contribution is 0.0822. The first-order valence-electron chi connectivity index (χ1n) is 5.28. The maximum Gasteiger partial charge on any atom is 0.0642 e. The van der Waals surface area contributed by atoms with Crippen LogP contribution < -0.4 is 5.32 Å². The summed E-state index contributed by atoms with van der Waals surface area (Å²) in [6.07, 6.45) is 3.75. The quantitative estimate of drug-likeness (QED) is 0.590. The van der Waals surface area contributed by atoms with Gasteiger partial charge in [-0.1, -0.05) is 6.92 Å². The Labute approximate surface area is 80.5 Å². The van der Waals surface area contributed by atoms with Crippen molar-refractivity contribution in [2.45, 2.75) is 32.2 Å². The SMILES string of the molecule is CCCNC(CO)COCC1CC1. The van der Waals surface area contributed by atoms with Gasteiger partial charge in [0.1, 0.15) is 0 Å². The second kappa shape index (κ2) is 6.35. The van der Waals surface area contributed by atoms with E-state index in [1.807, 2.05) is 0 Å². The molecule has 1 aliphatic carbocycles. The fourth-order valence-electron chi connectivity index (χ4n) is 1.19. The van der Waals surface area contributed by atoms with Crippen LogP contribution in [-0.4, -0.2) is 37.5 Å². The highest BCUT2D eigenvalue weighted by Crippen LogP contribution is 2.28. The van der Waals surface area contributed by atoms with E-state index in [1.165, 1.54) is 12.8 Å². The van der Waals surface area contributed by atoms with Gasteiger partial charge in [-0.3, -0.25) is 0 Å². The predicted molar refractivity (Wildman–Crippen MR) is 52.7 cm³/mol. The maximum absolute atomic E-state index is 8.99. The van der Waals surface area contributed by atoms with Crippen LogP contribution in [0.25, 0.3) is 0 Å². The van der Waals surface area contributed by atoms with Crippen molar-refractivity contribution in [1.29, 1.82) is 0 Å². The van der Waals surface area contributed by atoms with Crippen LogP contribution in [-0.2, 0) is 4.74 Å². The molecule has 0 bridgehead atoms. The molecule has 0 aromatic heterocycles. The third-order valence-electron chi connectivity index (χ3n) is 2.27. The Bertz CT molecular complexity index is 126. The molecule has 1 saturated carbocycles. The lowest BCUT2D eigenvalue weighted by atomic mass is 10.3. The lowest BCUT2D eigenvalue weighted by Crippen LogP contribution is -2.37. The van der Waals surface area contributed by atoms with Gasteiger partial charge in [0.2, 0.25) is 0 Å². The van der Waals surface area contributed by atoms with E-state index in [1.54, 1.807) is 0 Å². The van der Waals surface area contributed by atoms with Crippen molar-refractivity contribution in [2.75, 3.05) is 26.4 Å². The van der Waals surface area contributed by atoms with Gasteiger partial charge in [0.05, 0.1) is 19.3 Å². The van der Waals surface area contributed by atoms with Crippen LogP contribution in [0.3, 0.4) is 0 Å². The Hall–Kier alpha value is -0.120. The molecule has 0 radical (unpaired) electrons. The summed E-state index contributed by atoms with van der Waals surface area (Å²) in [6, 6.07) is 0.124. The van der Waals surface area contributed by atoms with E-state index in [0.29, 0.717) is 6.61 Å². The van der Waals surface area contributed by atoms with Crippen molar-refractivity contribution >= 4 is 0 Å². The molecule has 1 unspecified atom stereocenters. The van der Waals surface area contributed by atoms with Crippen LogP contribution in [0.1, 0.15) is 26.2 Å². The molecule has 0 aliphatic heterocycles. The molecule has 0 aromatic rings. The molecular weight excluding hydrogens is 166 g/mol. The molecule has 0 aromatic carbocycles. The third kappa shape index (κ3) is 5.24. The van der Waals surface area contributed by atoms with E-state index in [4.69, 9.17) is 9.84 Å². The first-order valence-corrected chi connectivity index (χ1v) is 5.28. The van der Waals surface area contributed by atoms with E-state index in [-0.39, 0.29) is 12.6 Å². The first kappa shape index (κ1) is 11.0. The fourth-order valence-corrected chi connectivity index (χ4v) is 1.19. The minimum absolute atomic E-state index is 0.124. The number of aliphatic hydroxyl groups excluding tert-OH is 1. The van der Waals surface area contributed by atoms with Crippen molar-refractivity contribution in [3.8, 4) is 0 Å². The van der Waals surface area contributed by atoms with Gasteiger partial charge in [-0.05, 0) is 31.7 Å². The highest BCUT2D eigenvalue weighted by atomic mass is 16.5. The summed E-state index contributed by atoms with van der Waals surface area (Å²) in [7, 11) is 0. The van der Waals surface area contributed by atoms with Gasteiger partial charge < -0.3 is 15.2 Å². The molecule has 3 heteroatoms. The Morgan fingerprint density at radius 1 is 1.54 bits per heavy atom. The van der Waals surface area contributed by atoms with E-state index in [9.17, 15) is 0 Å². The average Bonchev–Trinajstić information content (AvgIpc) is 2.94. The van der Waals surface area contributed by atoms with E-state index in [0.717, 1.165) is 25.5 Å². The van der Waals surface area contributed by atoms with Crippen LogP contribution in [0.4, 0.5) is 0 Å². The Balaban J connectivity index is 1.93. The minimum Gasteiger partial charge on any atom is -0.395 e. The molecule has 0 spiro atoms. The standard InChI is InChI=1S/C10H21NO2/c1-2-5-11-10(6-12)8-13-7-9-3-4-9/h9-12H,2-8H2,1H3. The van der Waals surface area contributed by atoms with Crippen LogP contribution in [0.15, 0.2) is 0 Å². The van der Waals surface area contributed by atoms with Crippen molar-refractivity contribution in [3.05, 3.63) is 0 Å². The molecule has 0 heterocycles. The third-order valence-corrected chi connectivity index (χ3v) is 2.27. The van der Waals surface area contributed by atoms with Crippen molar-refractivity contribution in [1.82, 2.24) is 5.32 Å². The Morgan fingerprint density at radius 3 is 2.85 bits per heavy atom. The van der Waals surface area contributed by atoms with Gasteiger partial charge in [0.15, 0.2) is 0 Å². The zero-order valence-corrected chi connectivity index (χ0v) is 8.46. The van der Waals surface area contributed by atoms with Gasteiger partial charge in [-0.2, -0.15) is 0 Å². The maximum atomic E-state index is 8.99. The smallest absolute Gasteiger partial charge is 0.0642 e. The predicted octanol–water partition coefficient (Wildman–Crippen LogP) is 0.773. The lowest BCUT2D eigenvalue weighted by Gasteiger charge is -2.15.